The largest absolute Gasteiger partial charge is 0.372 e. The highest BCUT2D eigenvalue weighted by Crippen LogP contribution is 2.38. The number of piperazine rings is 1. The molecule has 2 heterocycles. The van der Waals surface area contributed by atoms with E-state index in [-0.39, 0.29) is 48.3 Å². The van der Waals surface area contributed by atoms with Crippen LogP contribution in [-0.2, 0) is 27.5 Å². The van der Waals surface area contributed by atoms with Gasteiger partial charge in [-0.3, -0.25) is 15.1 Å². The molecule has 1 amide bonds. The van der Waals surface area contributed by atoms with E-state index in [0.717, 1.165) is 30.5 Å². The predicted molar refractivity (Wildman–Crippen MR) is 151 cm³/mol. The maximum atomic E-state index is 15.2. The monoisotopic (exact) mass is 605 g/mol. The van der Waals surface area contributed by atoms with Crippen molar-refractivity contribution < 1.29 is 30.8 Å². The zero-order valence-electron chi connectivity index (χ0n) is 22.6. The maximum absolute atomic E-state index is 15.2. The average molecular weight is 606 g/mol. The lowest BCUT2D eigenvalue weighted by Crippen LogP contribution is -2.64. The summed E-state index contributed by atoms with van der Waals surface area (Å²) in [4.78, 5) is 16.0. The Bertz CT molecular complexity index is 1530. The number of pyridine rings is 1. The summed E-state index contributed by atoms with van der Waals surface area (Å²) in [6.45, 7) is 1.21. The Morgan fingerprint density at radius 2 is 1.71 bits per heavy atom. The minimum absolute atomic E-state index is 0.00177. The topological polar surface area (TPSA) is 112 Å². The number of rotatable bonds is 11. The molecular formula is C29H31F4N5O3S. The third kappa shape index (κ3) is 6.74. The molecule has 2 atom stereocenters. The Hall–Kier alpha value is -3.55. The van der Waals surface area contributed by atoms with Gasteiger partial charge in [-0.15, -0.1) is 0 Å². The fourth-order valence-electron chi connectivity index (χ4n) is 5.24. The van der Waals surface area contributed by atoms with Gasteiger partial charge >= 0.3 is 0 Å². The third-order valence-corrected chi connectivity index (χ3v) is 10.5. The van der Waals surface area contributed by atoms with Crippen LogP contribution in [0.15, 0.2) is 54.9 Å². The van der Waals surface area contributed by atoms with E-state index in [1.54, 1.807) is 0 Å². The van der Waals surface area contributed by atoms with Crippen molar-refractivity contribution in [3.05, 3.63) is 89.3 Å². The normalized spacial score (nSPS) is 19.7. The van der Waals surface area contributed by atoms with Gasteiger partial charge in [-0.2, -0.15) is 0 Å². The zero-order chi connectivity index (χ0) is 29.9. The summed E-state index contributed by atoms with van der Waals surface area (Å²) in [5, 5.41) is 11.5. The molecule has 0 bridgehead atoms. The number of carbonyl (C=O) groups excluding carboxylic acids is 1. The van der Waals surface area contributed by atoms with Gasteiger partial charge in [0.2, 0.25) is 5.91 Å². The van der Waals surface area contributed by atoms with Crippen LogP contribution in [-0.4, -0.2) is 55.1 Å². The number of nitrogens with one attached hydrogen (secondary N) is 4. The molecule has 8 nitrogen and oxygen atoms in total. The van der Waals surface area contributed by atoms with Crippen LogP contribution in [0.2, 0.25) is 0 Å². The molecule has 0 radical (unpaired) electrons. The molecule has 5 rings (SSSR count). The Balaban J connectivity index is 1.42. The molecular weight excluding hydrogens is 574 g/mol. The molecule has 2 aliphatic rings. The van der Waals surface area contributed by atoms with E-state index in [9.17, 15) is 26.4 Å². The van der Waals surface area contributed by atoms with Gasteiger partial charge < -0.3 is 16.0 Å². The van der Waals surface area contributed by atoms with Crippen molar-refractivity contribution in [2.45, 2.75) is 48.3 Å². The lowest BCUT2D eigenvalue weighted by atomic mass is 10.0. The molecule has 0 unspecified atom stereocenters. The Kier molecular flexibility index (Phi) is 8.81. The maximum Gasteiger partial charge on any atom is 0.247 e. The third-order valence-electron chi connectivity index (χ3n) is 7.57. The van der Waals surface area contributed by atoms with E-state index < -0.39 is 55.2 Å². The van der Waals surface area contributed by atoms with E-state index >= 15 is 4.39 Å². The summed E-state index contributed by atoms with van der Waals surface area (Å²) < 4.78 is 83.4. The van der Waals surface area contributed by atoms with Crippen molar-refractivity contribution in [3.8, 4) is 0 Å². The lowest BCUT2D eigenvalue weighted by molar-refractivity contribution is -0.116. The van der Waals surface area contributed by atoms with E-state index in [4.69, 9.17) is 0 Å². The van der Waals surface area contributed by atoms with Gasteiger partial charge in [0, 0.05) is 43.4 Å². The van der Waals surface area contributed by atoms with Crippen LogP contribution in [0.1, 0.15) is 30.4 Å². The summed E-state index contributed by atoms with van der Waals surface area (Å²) in [6.07, 6.45) is 3.38. The van der Waals surface area contributed by atoms with Crippen LogP contribution in [0.25, 0.3) is 0 Å². The van der Waals surface area contributed by atoms with Crippen molar-refractivity contribution in [1.82, 2.24) is 15.6 Å². The first-order valence-corrected chi connectivity index (χ1v) is 15.2. The number of amides is 1. The van der Waals surface area contributed by atoms with Crippen molar-refractivity contribution in [2.75, 3.05) is 30.3 Å². The fourth-order valence-corrected chi connectivity index (χ4v) is 7.63. The highest BCUT2D eigenvalue weighted by atomic mass is 32.2. The molecule has 13 heteroatoms. The van der Waals surface area contributed by atoms with Gasteiger partial charge in [0.15, 0.2) is 9.84 Å². The molecule has 1 saturated heterocycles. The predicted octanol–water partition coefficient (Wildman–Crippen LogP) is 3.70. The molecule has 2 fully saturated rings. The van der Waals surface area contributed by atoms with E-state index in [1.165, 1.54) is 18.3 Å². The number of halogens is 4. The number of nitrogens with zero attached hydrogens (tertiary/aromatic N) is 1. The molecule has 1 aliphatic heterocycles. The van der Waals surface area contributed by atoms with Crippen LogP contribution in [0, 0.1) is 23.3 Å². The summed E-state index contributed by atoms with van der Waals surface area (Å²) in [5.41, 5.74) is 0.693. The van der Waals surface area contributed by atoms with Gasteiger partial charge in [0.25, 0.3) is 0 Å². The summed E-state index contributed by atoms with van der Waals surface area (Å²) in [7, 11) is -3.56. The number of carbonyl (C=O) groups is 1. The van der Waals surface area contributed by atoms with Crippen LogP contribution in [0.4, 0.5) is 28.9 Å². The van der Waals surface area contributed by atoms with E-state index in [1.807, 2.05) is 0 Å². The highest BCUT2D eigenvalue weighted by molar-refractivity contribution is 7.93. The molecule has 1 aliphatic carbocycles. The Morgan fingerprint density at radius 1 is 1.00 bits per heavy atom. The molecule has 1 aromatic heterocycles. The number of sulfone groups is 1. The summed E-state index contributed by atoms with van der Waals surface area (Å²) in [5.74, 6) is -3.49. The first-order chi connectivity index (χ1) is 20.1. The number of aromatic nitrogens is 1. The fraction of sp³-hybridized carbons (Fsp3) is 0.379. The van der Waals surface area contributed by atoms with Crippen molar-refractivity contribution >= 4 is 27.1 Å². The number of hydrogen-bond donors (Lipinski definition) is 4. The number of anilines is 2. The van der Waals surface area contributed by atoms with Crippen molar-refractivity contribution in [2.24, 2.45) is 0 Å². The molecule has 3 aromatic rings. The standard InChI is InChI=1S/C29H31F4N5O3S/c30-19-1-3-22(4-2-19)37-28(39)26(13-18-11-20(31)14-21(32)12-18)38-27-16-35-15-25(33)24(27)7-8-29(17-34-9-10-36-29)42(40,41)23-5-6-23/h1-4,11-12,14-16,23,26,34,36,38H,5-10,13,17H2,(H,37,39)/t26-,29-/m0/s1. The van der Waals surface area contributed by atoms with Crippen LogP contribution in [0.5, 0.6) is 0 Å². The Morgan fingerprint density at radius 3 is 2.36 bits per heavy atom. The quantitative estimate of drug-likeness (QED) is 0.247. The summed E-state index contributed by atoms with van der Waals surface area (Å²) in [6, 6.07) is 6.74. The van der Waals surface area contributed by atoms with Crippen LogP contribution >= 0.6 is 0 Å². The SMILES string of the molecule is O=C(Nc1ccc(F)cc1)[C@H](Cc1cc(F)cc(F)c1)Nc1cncc(F)c1CC[C@]1(S(=O)(=O)C2CC2)CNCCN1. The van der Waals surface area contributed by atoms with E-state index in [0.29, 0.717) is 32.0 Å². The van der Waals surface area contributed by atoms with Crippen molar-refractivity contribution in [1.29, 1.82) is 0 Å². The first kappa shape index (κ1) is 29.9. The molecule has 224 valence electrons. The Labute approximate surface area is 241 Å². The van der Waals surface area contributed by atoms with Gasteiger partial charge in [-0.1, -0.05) is 0 Å². The smallest absolute Gasteiger partial charge is 0.247 e. The van der Waals surface area contributed by atoms with Gasteiger partial charge in [0.05, 0.1) is 23.3 Å². The van der Waals surface area contributed by atoms with Gasteiger partial charge in [0.1, 0.15) is 34.2 Å². The van der Waals surface area contributed by atoms with Crippen LogP contribution < -0.4 is 21.3 Å². The molecule has 4 N–H and O–H groups in total. The van der Waals surface area contributed by atoms with Gasteiger partial charge in [-0.25, -0.2) is 26.0 Å². The van der Waals surface area contributed by atoms with Gasteiger partial charge in [-0.05, 0) is 67.6 Å². The molecule has 1 saturated carbocycles. The van der Waals surface area contributed by atoms with Crippen LogP contribution in [0.3, 0.4) is 0 Å². The zero-order valence-corrected chi connectivity index (χ0v) is 23.4. The summed E-state index contributed by atoms with van der Waals surface area (Å²) >= 11 is 0. The average Bonchev–Trinajstić information content (AvgIpc) is 3.80. The molecule has 0 spiro atoms. The highest BCUT2D eigenvalue weighted by Gasteiger charge is 2.52. The molecule has 2 aromatic carbocycles. The second-order valence-electron chi connectivity index (χ2n) is 10.7. The second-order valence-corrected chi connectivity index (χ2v) is 13.2. The first-order valence-electron chi connectivity index (χ1n) is 13.7. The lowest BCUT2D eigenvalue weighted by Gasteiger charge is -2.38. The molecule has 42 heavy (non-hydrogen) atoms. The minimum atomic E-state index is -3.56. The van der Waals surface area contributed by atoms with E-state index in [2.05, 4.69) is 26.3 Å². The minimum Gasteiger partial charge on any atom is -0.372 e. The van der Waals surface area contributed by atoms with Crippen molar-refractivity contribution in [3.63, 3.8) is 0 Å². The second kappa shape index (κ2) is 12.4. The number of hydrogen-bond acceptors (Lipinski definition) is 7. The number of benzene rings is 2.